The van der Waals surface area contributed by atoms with Gasteiger partial charge in [-0.15, -0.1) is 0 Å². The van der Waals surface area contributed by atoms with Crippen LogP contribution in [0.25, 0.3) is 0 Å². The molecule has 5 atom stereocenters. The van der Waals surface area contributed by atoms with E-state index in [9.17, 15) is 0 Å². The summed E-state index contributed by atoms with van der Waals surface area (Å²) in [5.74, 6) is 1.51. The van der Waals surface area contributed by atoms with E-state index in [4.69, 9.17) is 4.74 Å². The lowest BCUT2D eigenvalue weighted by Gasteiger charge is -2.30. The number of hydrogen-bond acceptors (Lipinski definition) is 1. The fraction of sp³-hybridized carbons (Fsp3) is 0.405. The van der Waals surface area contributed by atoms with Crippen molar-refractivity contribution in [3.63, 3.8) is 0 Å². The van der Waals surface area contributed by atoms with Gasteiger partial charge in [0.2, 0.25) is 0 Å². The smallest absolute Gasteiger partial charge is 0.0802 e. The molecule has 0 radical (unpaired) electrons. The third-order valence-electron chi connectivity index (χ3n) is 8.43. The molecule has 0 aliphatic heterocycles. The number of rotatable bonds is 11. The first kappa shape index (κ1) is 28.1. The van der Waals surface area contributed by atoms with Crippen molar-refractivity contribution in [2.24, 2.45) is 5.92 Å². The molecule has 0 N–H and O–H groups in total. The van der Waals surface area contributed by atoms with Crippen LogP contribution in [0.5, 0.6) is 0 Å². The lowest BCUT2D eigenvalue weighted by atomic mass is 9.76. The van der Waals surface area contributed by atoms with Gasteiger partial charge >= 0.3 is 0 Å². The third kappa shape index (κ3) is 6.56. The van der Waals surface area contributed by atoms with E-state index in [0.717, 1.165) is 25.9 Å². The molecule has 1 nitrogen and oxygen atoms in total. The molecule has 3 aromatic carbocycles. The quantitative estimate of drug-likeness (QED) is 0.235. The van der Waals surface area contributed by atoms with Gasteiger partial charge in [0, 0.05) is 24.4 Å². The molecule has 38 heavy (non-hydrogen) atoms. The van der Waals surface area contributed by atoms with Crippen molar-refractivity contribution in [3.8, 4) is 0 Å². The highest BCUT2D eigenvalue weighted by molar-refractivity contribution is 5.51. The molecule has 0 spiro atoms. The van der Waals surface area contributed by atoms with Crippen molar-refractivity contribution in [2.75, 3.05) is 6.61 Å². The van der Waals surface area contributed by atoms with E-state index in [2.05, 4.69) is 133 Å². The second kappa shape index (κ2) is 13.3. The standard InChI is InChI=1S/C37H46O/c1-7-8-22-38-30(6)37-35(28(4)31-17-11-9-12-18-31)24-34(27(3)33-21-15-16-26(2)23-33)25-36(37)29(5)32-19-13-10-14-20-32/h9-21,24-30H,7-8,22-23H2,1-6H3. The molecule has 0 aromatic heterocycles. The highest BCUT2D eigenvalue weighted by Gasteiger charge is 2.27. The van der Waals surface area contributed by atoms with E-state index in [1.54, 1.807) is 0 Å². The molecular formula is C37H46O. The van der Waals surface area contributed by atoms with Gasteiger partial charge < -0.3 is 4.74 Å². The van der Waals surface area contributed by atoms with Crippen molar-refractivity contribution in [1.82, 2.24) is 0 Å². The number of allylic oxidation sites excluding steroid dienone is 4. The molecule has 0 saturated carbocycles. The summed E-state index contributed by atoms with van der Waals surface area (Å²) in [7, 11) is 0. The SMILES string of the molecule is CCCCOC(C)c1c(C(C)c2ccccc2)cc(C(C)C2=CC=CC(C)C2)cc1C(C)c1ccccc1. The first-order chi connectivity index (χ1) is 18.4. The fourth-order valence-electron chi connectivity index (χ4n) is 5.90. The summed E-state index contributed by atoms with van der Waals surface area (Å²) in [4.78, 5) is 0. The summed E-state index contributed by atoms with van der Waals surface area (Å²) in [6, 6.07) is 26.9. The van der Waals surface area contributed by atoms with Gasteiger partial charge in [-0.2, -0.15) is 0 Å². The molecule has 3 aromatic rings. The Kier molecular flexibility index (Phi) is 9.80. The Morgan fingerprint density at radius 1 is 0.763 bits per heavy atom. The Morgan fingerprint density at radius 3 is 1.82 bits per heavy atom. The van der Waals surface area contributed by atoms with Gasteiger partial charge in [0.1, 0.15) is 0 Å². The molecule has 4 rings (SSSR count). The molecule has 1 heteroatoms. The summed E-state index contributed by atoms with van der Waals surface area (Å²) < 4.78 is 6.53. The van der Waals surface area contributed by atoms with Crippen LogP contribution in [0.3, 0.4) is 0 Å². The molecular weight excluding hydrogens is 460 g/mol. The third-order valence-corrected chi connectivity index (χ3v) is 8.43. The first-order valence-corrected chi connectivity index (χ1v) is 14.7. The molecule has 1 aliphatic rings. The fourth-order valence-corrected chi connectivity index (χ4v) is 5.90. The zero-order chi connectivity index (χ0) is 27.1. The lowest BCUT2D eigenvalue weighted by molar-refractivity contribution is 0.0623. The van der Waals surface area contributed by atoms with E-state index >= 15 is 0 Å². The van der Waals surface area contributed by atoms with Crippen LogP contribution >= 0.6 is 0 Å². The average Bonchev–Trinajstić information content (AvgIpc) is 2.96. The van der Waals surface area contributed by atoms with Crippen molar-refractivity contribution in [2.45, 2.75) is 84.7 Å². The summed E-state index contributed by atoms with van der Waals surface area (Å²) >= 11 is 0. The summed E-state index contributed by atoms with van der Waals surface area (Å²) in [5.41, 5.74) is 9.83. The minimum Gasteiger partial charge on any atom is -0.374 e. The Labute approximate surface area is 231 Å². The Balaban J connectivity index is 1.90. The molecule has 0 bridgehead atoms. The van der Waals surface area contributed by atoms with E-state index in [1.165, 1.54) is 39.0 Å². The number of hydrogen-bond donors (Lipinski definition) is 0. The number of benzene rings is 3. The van der Waals surface area contributed by atoms with Crippen LogP contribution in [-0.2, 0) is 4.74 Å². The number of unbranched alkanes of at least 4 members (excludes halogenated alkanes) is 1. The molecule has 1 aliphatic carbocycles. The Hall–Kier alpha value is -2.90. The van der Waals surface area contributed by atoms with E-state index in [-0.39, 0.29) is 17.9 Å². The molecule has 5 unspecified atom stereocenters. The van der Waals surface area contributed by atoms with Crippen molar-refractivity contribution < 1.29 is 4.74 Å². The van der Waals surface area contributed by atoms with Crippen molar-refractivity contribution in [1.29, 1.82) is 0 Å². The molecule has 0 amide bonds. The van der Waals surface area contributed by atoms with E-state index in [0.29, 0.717) is 11.8 Å². The largest absolute Gasteiger partial charge is 0.374 e. The van der Waals surface area contributed by atoms with Gasteiger partial charge in [0.15, 0.2) is 0 Å². The normalized spacial score (nSPS) is 18.5. The van der Waals surface area contributed by atoms with E-state index in [1.807, 2.05) is 0 Å². The lowest BCUT2D eigenvalue weighted by Crippen LogP contribution is -2.15. The van der Waals surface area contributed by atoms with Crippen molar-refractivity contribution in [3.05, 3.63) is 130 Å². The zero-order valence-electron chi connectivity index (χ0n) is 24.3. The van der Waals surface area contributed by atoms with Gasteiger partial charge in [0.05, 0.1) is 6.10 Å². The summed E-state index contributed by atoms with van der Waals surface area (Å²) in [6.07, 6.45) is 10.3. The molecule has 0 saturated heterocycles. The molecule has 0 fully saturated rings. The molecule has 200 valence electrons. The maximum Gasteiger partial charge on any atom is 0.0802 e. The number of ether oxygens (including phenoxy) is 1. The second-order valence-electron chi connectivity index (χ2n) is 11.3. The van der Waals surface area contributed by atoms with Crippen LogP contribution < -0.4 is 0 Å². The van der Waals surface area contributed by atoms with Gasteiger partial charge in [-0.1, -0.05) is 138 Å². The molecule has 0 heterocycles. The predicted octanol–water partition coefficient (Wildman–Crippen LogP) is 10.5. The summed E-state index contributed by atoms with van der Waals surface area (Å²) in [5, 5.41) is 0. The Morgan fingerprint density at radius 2 is 1.32 bits per heavy atom. The van der Waals surface area contributed by atoms with Gasteiger partial charge in [0.25, 0.3) is 0 Å². The van der Waals surface area contributed by atoms with Crippen LogP contribution in [0.15, 0.2) is 96.6 Å². The zero-order valence-corrected chi connectivity index (χ0v) is 24.3. The predicted molar refractivity (Wildman–Crippen MR) is 163 cm³/mol. The van der Waals surface area contributed by atoms with Crippen molar-refractivity contribution >= 4 is 0 Å². The monoisotopic (exact) mass is 506 g/mol. The average molecular weight is 507 g/mol. The van der Waals surface area contributed by atoms with Gasteiger partial charge in [-0.3, -0.25) is 0 Å². The highest BCUT2D eigenvalue weighted by atomic mass is 16.5. The maximum atomic E-state index is 6.53. The first-order valence-electron chi connectivity index (χ1n) is 14.7. The van der Waals surface area contributed by atoms with E-state index < -0.39 is 0 Å². The maximum absolute atomic E-state index is 6.53. The van der Waals surface area contributed by atoms with Crippen LogP contribution in [-0.4, -0.2) is 6.61 Å². The van der Waals surface area contributed by atoms with Crippen LogP contribution in [0, 0.1) is 5.92 Å². The van der Waals surface area contributed by atoms with Gasteiger partial charge in [-0.25, -0.2) is 0 Å². The minimum atomic E-state index is 0.0325. The summed E-state index contributed by atoms with van der Waals surface area (Å²) in [6.45, 7) is 14.7. The Bertz CT molecular complexity index is 1150. The second-order valence-corrected chi connectivity index (χ2v) is 11.3. The minimum absolute atomic E-state index is 0.0325. The van der Waals surface area contributed by atoms with Gasteiger partial charge in [-0.05, 0) is 59.1 Å². The topological polar surface area (TPSA) is 9.23 Å². The van der Waals surface area contributed by atoms with Crippen LogP contribution in [0.1, 0.15) is 118 Å². The van der Waals surface area contributed by atoms with Crippen LogP contribution in [0.2, 0.25) is 0 Å². The van der Waals surface area contributed by atoms with Crippen LogP contribution in [0.4, 0.5) is 0 Å². The highest BCUT2D eigenvalue weighted by Crippen LogP contribution is 2.42.